The summed E-state index contributed by atoms with van der Waals surface area (Å²) in [6, 6.07) is 20.6. The van der Waals surface area contributed by atoms with E-state index in [1.807, 2.05) is 66.1 Å². The van der Waals surface area contributed by atoms with Gasteiger partial charge in [0.15, 0.2) is 6.10 Å². The highest BCUT2D eigenvalue weighted by atomic mass is 35.5. The molecule has 0 fully saturated rings. The monoisotopic (exact) mass is 622 g/mol. The summed E-state index contributed by atoms with van der Waals surface area (Å²) < 4.78 is 12.7. The summed E-state index contributed by atoms with van der Waals surface area (Å²) in [7, 11) is 0. The summed E-state index contributed by atoms with van der Waals surface area (Å²) in [6.07, 6.45) is 0.800. The van der Waals surface area contributed by atoms with E-state index in [9.17, 15) is 14.4 Å². The SMILES string of the molecule is CCOC(=O)Cn1c(C)c(/C=N\NC(=O)[C@H](Cc2ccccc2)NC(=O)[C@@H](C)Oc2ccc(Cl)cc2Cl)c2ccccc21. The quantitative estimate of drug-likeness (QED) is 0.124. The van der Waals surface area contributed by atoms with Crippen molar-refractivity contribution in [3.05, 3.63) is 99.7 Å². The number of halogens is 2. The van der Waals surface area contributed by atoms with E-state index in [0.29, 0.717) is 10.8 Å². The lowest BCUT2D eigenvalue weighted by Gasteiger charge is -2.21. The van der Waals surface area contributed by atoms with Crippen molar-refractivity contribution in [3.63, 3.8) is 0 Å². The van der Waals surface area contributed by atoms with Crippen molar-refractivity contribution in [3.8, 4) is 5.75 Å². The molecule has 3 aromatic carbocycles. The van der Waals surface area contributed by atoms with Crippen molar-refractivity contribution < 1.29 is 23.9 Å². The summed E-state index contributed by atoms with van der Waals surface area (Å²) in [5.41, 5.74) is 5.77. The van der Waals surface area contributed by atoms with Gasteiger partial charge in [0.1, 0.15) is 18.3 Å². The number of rotatable bonds is 12. The van der Waals surface area contributed by atoms with Gasteiger partial charge in [-0.1, -0.05) is 71.7 Å². The van der Waals surface area contributed by atoms with Gasteiger partial charge in [-0.2, -0.15) is 5.10 Å². The standard InChI is InChI=1S/C32H32Cl2N4O5/c1-4-42-30(39)19-38-20(2)25(24-12-8-9-13-28(24)38)18-35-37-32(41)27(16-22-10-6-5-7-11-22)36-31(40)21(3)43-29-15-14-23(33)17-26(29)34/h5-15,17-18,21,27H,4,16,19H2,1-3H3,(H,36,40)(H,37,41)/b35-18-/t21-,27+/m1/s1. The third-order valence-electron chi connectivity index (χ3n) is 6.72. The third kappa shape index (κ3) is 8.15. The number of hydrogen-bond donors (Lipinski definition) is 2. The molecule has 1 heterocycles. The number of ether oxygens (including phenoxy) is 2. The number of carbonyl (C=O) groups is 3. The number of nitrogens with zero attached hydrogens (tertiary/aromatic N) is 2. The van der Waals surface area contributed by atoms with Crippen LogP contribution in [0.5, 0.6) is 5.75 Å². The second-order valence-corrected chi connectivity index (χ2v) is 10.6. The van der Waals surface area contributed by atoms with E-state index >= 15 is 0 Å². The fourth-order valence-electron chi connectivity index (χ4n) is 4.56. The van der Waals surface area contributed by atoms with Crippen molar-refractivity contribution in [1.82, 2.24) is 15.3 Å². The second-order valence-electron chi connectivity index (χ2n) is 9.73. The minimum absolute atomic E-state index is 0.0487. The van der Waals surface area contributed by atoms with Crippen LogP contribution in [-0.2, 0) is 32.1 Å². The normalized spacial score (nSPS) is 12.6. The van der Waals surface area contributed by atoms with Crippen LogP contribution < -0.4 is 15.5 Å². The Morgan fingerprint density at radius 3 is 2.44 bits per heavy atom. The third-order valence-corrected chi connectivity index (χ3v) is 7.25. The van der Waals surface area contributed by atoms with Gasteiger partial charge < -0.3 is 19.4 Å². The molecule has 0 bridgehead atoms. The zero-order valence-corrected chi connectivity index (χ0v) is 25.5. The number of fused-ring (bicyclic) bond motifs is 1. The van der Waals surface area contributed by atoms with Crippen molar-refractivity contribution in [2.45, 2.75) is 45.9 Å². The molecule has 0 radical (unpaired) electrons. The zero-order valence-electron chi connectivity index (χ0n) is 24.0. The molecule has 9 nitrogen and oxygen atoms in total. The van der Waals surface area contributed by atoms with Gasteiger partial charge in [0.25, 0.3) is 11.8 Å². The molecule has 0 aliphatic heterocycles. The molecule has 0 unspecified atom stereocenters. The van der Waals surface area contributed by atoms with Crippen LogP contribution in [0.2, 0.25) is 10.0 Å². The van der Waals surface area contributed by atoms with E-state index in [2.05, 4.69) is 15.8 Å². The zero-order chi connectivity index (χ0) is 30.9. The molecule has 0 spiro atoms. The number of carbonyl (C=O) groups excluding carboxylic acids is 3. The van der Waals surface area contributed by atoms with Crippen LogP contribution in [0.3, 0.4) is 0 Å². The van der Waals surface area contributed by atoms with Gasteiger partial charge in [-0.15, -0.1) is 0 Å². The minimum atomic E-state index is -0.957. The smallest absolute Gasteiger partial charge is 0.325 e. The van der Waals surface area contributed by atoms with Crippen molar-refractivity contribution >= 4 is 58.1 Å². The number of hydrazone groups is 1. The van der Waals surface area contributed by atoms with Crippen LogP contribution in [0.1, 0.15) is 30.7 Å². The topological polar surface area (TPSA) is 111 Å². The summed E-state index contributed by atoms with van der Waals surface area (Å²) >= 11 is 12.1. The molecule has 2 N–H and O–H groups in total. The van der Waals surface area contributed by atoms with Crippen molar-refractivity contribution in [2.24, 2.45) is 5.10 Å². The Morgan fingerprint density at radius 1 is 1.00 bits per heavy atom. The van der Waals surface area contributed by atoms with Crippen LogP contribution in [0.4, 0.5) is 0 Å². The van der Waals surface area contributed by atoms with Gasteiger partial charge in [-0.25, -0.2) is 5.43 Å². The fourth-order valence-corrected chi connectivity index (χ4v) is 5.01. The molecule has 224 valence electrons. The molecule has 0 saturated heterocycles. The van der Waals surface area contributed by atoms with Gasteiger partial charge in [0.05, 0.1) is 17.8 Å². The number of amides is 2. The summed E-state index contributed by atoms with van der Waals surface area (Å²) in [4.78, 5) is 38.7. The second kappa shape index (κ2) is 14.7. The predicted molar refractivity (Wildman–Crippen MR) is 168 cm³/mol. The number of aromatic nitrogens is 1. The number of esters is 1. The van der Waals surface area contributed by atoms with Crippen LogP contribution >= 0.6 is 23.2 Å². The molecule has 0 aliphatic carbocycles. The van der Waals surface area contributed by atoms with Crippen LogP contribution in [0.15, 0.2) is 77.9 Å². The lowest BCUT2D eigenvalue weighted by Crippen LogP contribution is -2.50. The Balaban J connectivity index is 1.51. The van der Waals surface area contributed by atoms with Gasteiger partial charge >= 0.3 is 5.97 Å². The highest BCUT2D eigenvalue weighted by Gasteiger charge is 2.25. The Bertz CT molecular complexity index is 1640. The van der Waals surface area contributed by atoms with Crippen molar-refractivity contribution in [2.75, 3.05) is 6.61 Å². The van der Waals surface area contributed by atoms with Gasteiger partial charge in [-0.05, 0) is 50.6 Å². The first-order valence-electron chi connectivity index (χ1n) is 13.7. The number of para-hydroxylation sites is 1. The average Bonchev–Trinajstić information content (AvgIpc) is 3.24. The Morgan fingerprint density at radius 2 is 1.72 bits per heavy atom. The molecular formula is C32H32Cl2N4O5. The Hall–Kier alpha value is -4.34. The first-order chi connectivity index (χ1) is 20.7. The number of benzene rings is 3. The largest absolute Gasteiger partial charge is 0.479 e. The van der Waals surface area contributed by atoms with E-state index in [1.54, 1.807) is 26.0 Å². The maximum Gasteiger partial charge on any atom is 0.325 e. The van der Waals surface area contributed by atoms with E-state index in [4.69, 9.17) is 32.7 Å². The molecule has 11 heteroatoms. The highest BCUT2D eigenvalue weighted by molar-refractivity contribution is 6.35. The molecule has 43 heavy (non-hydrogen) atoms. The van der Waals surface area contributed by atoms with E-state index < -0.39 is 24.0 Å². The van der Waals surface area contributed by atoms with E-state index in [1.165, 1.54) is 12.3 Å². The molecule has 4 rings (SSSR count). The van der Waals surface area contributed by atoms with Gasteiger partial charge in [0, 0.05) is 33.6 Å². The summed E-state index contributed by atoms with van der Waals surface area (Å²) in [5, 5.41) is 8.55. The first kappa shape index (κ1) is 31.6. The first-order valence-corrected chi connectivity index (χ1v) is 14.5. The predicted octanol–water partition coefficient (Wildman–Crippen LogP) is 5.46. The molecule has 0 saturated carbocycles. The Labute approximate surface area is 259 Å². The fraction of sp³-hybridized carbons (Fsp3) is 0.250. The van der Waals surface area contributed by atoms with Crippen LogP contribution in [0.25, 0.3) is 10.9 Å². The molecule has 2 atom stereocenters. The van der Waals surface area contributed by atoms with E-state index in [0.717, 1.165) is 27.7 Å². The molecule has 4 aromatic rings. The van der Waals surface area contributed by atoms with Gasteiger partial charge in [-0.3, -0.25) is 14.4 Å². The van der Waals surface area contributed by atoms with Crippen molar-refractivity contribution in [1.29, 1.82) is 0 Å². The maximum absolute atomic E-state index is 13.3. The van der Waals surface area contributed by atoms with Gasteiger partial charge in [0.2, 0.25) is 0 Å². The summed E-state index contributed by atoms with van der Waals surface area (Å²) in [6.45, 7) is 5.53. The van der Waals surface area contributed by atoms with Crippen LogP contribution in [0, 0.1) is 6.92 Å². The Kier molecular flexibility index (Phi) is 10.8. The average molecular weight is 624 g/mol. The minimum Gasteiger partial charge on any atom is -0.479 e. The number of hydrogen-bond acceptors (Lipinski definition) is 6. The lowest BCUT2D eigenvalue weighted by molar-refractivity contribution is -0.143. The lowest BCUT2D eigenvalue weighted by atomic mass is 10.1. The molecule has 1 aromatic heterocycles. The molecular weight excluding hydrogens is 591 g/mol. The summed E-state index contributed by atoms with van der Waals surface area (Å²) in [5.74, 6) is -1.08. The number of nitrogens with one attached hydrogen (secondary N) is 2. The van der Waals surface area contributed by atoms with Crippen LogP contribution in [-0.4, -0.2) is 47.3 Å². The highest BCUT2D eigenvalue weighted by Crippen LogP contribution is 2.28. The molecule has 2 amide bonds. The maximum atomic E-state index is 13.3. The molecule has 0 aliphatic rings. The van der Waals surface area contributed by atoms with E-state index in [-0.39, 0.29) is 30.6 Å².